The molecule has 1 aromatic heterocycles. The summed E-state index contributed by atoms with van der Waals surface area (Å²) in [5.41, 5.74) is 5.39. The van der Waals surface area contributed by atoms with Crippen LogP contribution in [-0.4, -0.2) is 4.98 Å². The SMILES string of the molecule is Nc1ncccc1P.[Ir]. The van der Waals surface area contributed by atoms with Crippen LogP contribution in [0, 0.1) is 0 Å². The third kappa shape index (κ3) is 2.40. The fourth-order valence-corrected chi connectivity index (χ4v) is 0.616. The number of hydrogen-bond donors (Lipinski definition) is 1. The quantitative estimate of drug-likeness (QED) is 0.692. The number of nitrogens with two attached hydrogens (primary N) is 1. The van der Waals surface area contributed by atoms with Gasteiger partial charge in [-0.05, 0) is 12.1 Å². The molecule has 0 spiro atoms. The number of nitrogens with zero attached hydrogens (tertiary/aromatic N) is 1. The number of pyridine rings is 1. The fraction of sp³-hybridized carbons (Fsp3) is 0. The molecule has 0 aliphatic rings. The summed E-state index contributed by atoms with van der Waals surface area (Å²) in [7, 11) is 2.50. The number of aromatic nitrogens is 1. The second-order valence-corrected chi connectivity index (χ2v) is 2.10. The predicted octanol–water partition coefficient (Wildman–Crippen LogP) is 0.162. The third-order valence-electron chi connectivity index (χ3n) is 0.871. The van der Waals surface area contributed by atoms with E-state index in [-0.39, 0.29) is 20.1 Å². The van der Waals surface area contributed by atoms with Gasteiger partial charge in [0.1, 0.15) is 5.82 Å². The van der Waals surface area contributed by atoms with E-state index in [0.29, 0.717) is 5.82 Å². The summed E-state index contributed by atoms with van der Waals surface area (Å²) in [6.45, 7) is 0. The van der Waals surface area contributed by atoms with Crippen molar-refractivity contribution in [2.75, 3.05) is 5.73 Å². The normalized spacial score (nSPS) is 8.11. The second-order valence-electron chi connectivity index (χ2n) is 1.48. The van der Waals surface area contributed by atoms with E-state index < -0.39 is 0 Å². The minimum atomic E-state index is 0. The van der Waals surface area contributed by atoms with Crippen LogP contribution in [0.2, 0.25) is 0 Å². The van der Waals surface area contributed by atoms with Crippen molar-refractivity contribution in [2.24, 2.45) is 0 Å². The van der Waals surface area contributed by atoms with E-state index in [4.69, 9.17) is 5.73 Å². The van der Waals surface area contributed by atoms with E-state index in [1.165, 1.54) is 0 Å². The first kappa shape index (κ1) is 9.03. The molecule has 4 heteroatoms. The van der Waals surface area contributed by atoms with Crippen molar-refractivity contribution in [3.8, 4) is 0 Å². The van der Waals surface area contributed by atoms with E-state index >= 15 is 0 Å². The molecule has 0 aliphatic carbocycles. The number of rotatable bonds is 0. The summed E-state index contributed by atoms with van der Waals surface area (Å²) in [5, 5.41) is 0.951. The predicted molar refractivity (Wildman–Crippen MR) is 38.0 cm³/mol. The molecule has 2 nitrogen and oxygen atoms in total. The average Bonchev–Trinajstić information content (AvgIpc) is 1.77. The van der Waals surface area contributed by atoms with Crippen LogP contribution in [0.5, 0.6) is 0 Å². The summed E-state index contributed by atoms with van der Waals surface area (Å²) in [6, 6.07) is 3.74. The molecule has 9 heavy (non-hydrogen) atoms. The first-order valence-corrected chi connectivity index (χ1v) is 2.84. The van der Waals surface area contributed by atoms with Crippen LogP contribution in [-0.2, 0) is 20.1 Å². The molecule has 0 amide bonds. The molecular weight excluding hydrogens is 311 g/mol. The number of hydrogen-bond acceptors (Lipinski definition) is 2. The van der Waals surface area contributed by atoms with Crippen LogP contribution in [0.3, 0.4) is 0 Å². The molecule has 1 radical (unpaired) electrons. The Bertz CT molecular complexity index is 171. The molecule has 0 fully saturated rings. The summed E-state index contributed by atoms with van der Waals surface area (Å²) < 4.78 is 0. The summed E-state index contributed by atoms with van der Waals surface area (Å²) in [5.74, 6) is 0.581. The summed E-state index contributed by atoms with van der Waals surface area (Å²) in [4.78, 5) is 3.84. The molecule has 51 valence electrons. The topological polar surface area (TPSA) is 38.9 Å². The zero-order chi connectivity index (χ0) is 5.98. The zero-order valence-electron chi connectivity index (χ0n) is 4.67. The Balaban J connectivity index is 0.000000640. The van der Waals surface area contributed by atoms with Crippen LogP contribution in [0.1, 0.15) is 0 Å². The number of nitrogen functional groups attached to an aromatic ring is 1. The molecule has 1 unspecified atom stereocenters. The molecule has 1 aromatic rings. The van der Waals surface area contributed by atoms with Crippen LogP contribution < -0.4 is 11.0 Å². The van der Waals surface area contributed by atoms with Gasteiger partial charge in [0.05, 0.1) is 0 Å². The minimum Gasteiger partial charge on any atom is -0.383 e. The van der Waals surface area contributed by atoms with E-state index in [1.807, 2.05) is 12.1 Å². The van der Waals surface area contributed by atoms with Gasteiger partial charge in [0.25, 0.3) is 0 Å². The molecule has 2 N–H and O–H groups in total. The Morgan fingerprint density at radius 1 is 1.56 bits per heavy atom. The molecule has 0 aromatic carbocycles. The van der Waals surface area contributed by atoms with Crippen molar-refractivity contribution < 1.29 is 20.1 Å². The summed E-state index contributed by atoms with van der Waals surface area (Å²) >= 11 is 0. The fourth-order valence-electron chi connectivity index (χ4n) is 0.430. The monoisotopic (exact) mass is 319 g/mol. The van der Waals surface area contributed by atoms with Gasteiger partial charge >= 0.3 is 0 Å². The molecule has 0 bridgehead atoms. The number of anilines is 1. The van der Waals surface area contributed by atoms with Gasteiger partial charge in [0, 0.05) is 31.6 Å². The molecule has 0 saturated carbocycles. The van der Waals surface area contributed by atoms with Gasteiger partial charge in [-0.1, -0.05) is 0 Å². The van der Waals surface area contributed by atoms with Crippen LogP contribution in [0.15, 0.2) is 18.3 Å². The molecule has 1 atom stereocenters. The van der Waals surface area contributed by atoms with Crippen LogP contribution >= 0.6 is 9.24 Å². The molecule has 0 saturated heterocycles. The first-order chi connectivity index (χ1) is 3.80. The Labute approximate surface area is 69.8 Å². The Kier molecular flexibility index (Phi) is 3.96. The standard InChI is InChI=1S/C5H7N2P.Ir/c6-5-4(8)2-1-3-7-5;/h1-3H,8H2,(H2,6,7);. The van der Waals surface area contributed by atoms with Crippen molar-refractivity contribution >= 4 is 20.4 Å². The van der Waals surface area contributed by atoms with Crippen LogP contribution in [0.4, 0.5) is 5.82 Å². The third-order valence-corrected chi connectivity index (χ3v) is 1.36. The van der Waals surface area contributed by atoms with Gasteiger partial charge in [-0.15, -0.1) is 9.24 Å². The largest absolute Gasteiger partial charge is 0.383 e. The van der Waals surface area contributed by atoms with Gasteiger partial charge in [-0.25, -0.2) is 4.98 Å². The van der Waals surface area contributed by atoms with E-state index in [2.05, 4.69) is 14.2 Å². The maximum atomic E-state index is 5.39. The van der Waals surface area contributed by atoms with Crippen molar-refractivity contribution in [1.29, 1.82) is 0 Å². The van der Waals surface area contributed by atoms with E-state index in [9.17, 15) is 0 Å². The van der Waals surface area contributed by atoms with Crippen LogP contribution in [0.25, 0.3) is 0 Å². The van der Waals surface area contributed by atoms with E-state index in [1.54, 1.807) is 6.20 Å². The van der Waals surface area contributed by atoms with Gasteiger partial charge in [-0.3, -0.25) is 0 Å². The smallest absolute Gasteiger partial charge is 0.130 e. The Morgan fingerprint density at radius 2 is 2.22 bits per heavy atom. The second kappa shape index (κ2) is 3.94. The van der Waals surface area contributed by atoms with Gasteiger partial charge in [-0.2, -0.15) is 0 Å². The summed E-state index contributed by atoms with van der Waals surface area (Å²) in [6.07, 6.45) is 1.67. The van der Waals surface area contributed by atoms with Gasteiger partial charge in [0.15, 0.2) is 0 Å². The van der Waals surface area contributed by atoms with Crippen molar-refractivity contribution in [3.05, 3.63) is 18.3 Å². The van der Waals surface area contributed by atoms with Crippen molar-refractivity contribution in [1.82, 2.24) is 4.98 Å². The molecular formula is C5H7IrN2P. The molecule has 1 rings (SSSR count). The molecule has 0 aliphatic heterocycles. The van der Waals surface area contributed by atoms with Gasteiger partial charge < -0.3 is 5.73 Å². The first-order valence-electron chi connectivity index (χ1n) is 2.26. The van der Waals surface area contributed by atoms with Gasteiger partial charge in [0.2, 0.25) is 0 Å². The van der Waals surface area contributed by atoms with Crippen molar-refractivity contribution in [2.45, 2.75) is 0 Å². The maximum Gasteiger partial charge on any atom is 0.130 e. The van der Waals surface area contributed by atoms with Crippen molar-refractivity contribution in [3.63, 3.8) is 0 Å². The zero-order valence-corrected chi connectivity index (χ0v) is 8.22. The Morgan fingerprint density at radius 3 is 2.56 bits per heavy atom. The average molecular weight is 318 g/mol. The van der Waals surface area contributed by atoms with E-state index in [0.717, 1.165) is 5.30 Å². The molecule has 1 heterocycles. The maximum absolute atomic E-state index is 5.39. The Hall–Kier alpha value is 0.0294. The minimum absolute atomic E-state index is 0.